The van der Waals surface area contributed by atoms with Crippen LogP contribution in [0.25, 0.3) is 0 Å². The van der Waals surface area contributed by atoms with Gasteiger partial charge in [0.05, 0.1) is 39.2 Å². The summed E-state index contributed by atoms with van der Waals surface area (Å²) < 4.78 is 16.0. The first kappa shape index (κ1) is 24.8. The SMILES string of the molecule is COc1ccc(OC)c(NC(=O)C(=O)NC[C@H](c2ccc3c(c2)CCCN3C)N2CCOCC2)c1. The number of rotatable bonds is 7. The molecule has 2 N–H and O–H groups in total. The molecule has 188 valence electrons. The van der Waals surface area contributed by atoms with Gasteiger partial charge >= 0.3 is 11.8 Å². The molecule has 2 aliphatic rings. The molecule has 1 fully saturated rings. The lowest BCUT2D eigenvalue weighted by Gasteiger charge is -2.36. The number of fused-ring (bicyclic) bond motifs is 1. The van der Waals surface area contributed by atoms with Crippen LogP contribution in [0.15, 0.2) is 36.4 Å². The number of anilines is 2. The molecule has 4 rings (SSSR count). The van der Waals surface area contributed by atoms with Crippen LogP contribution < -0.4 is 25.0 Å². The van der Waals surface area contributed by atoms with E-state index in [0.717, 1.165) is 38.0 Å². The predicted octanol–water partition coefficient (Wildman–Crippen LogP) is 2.21. The van der Waals surface area contributed by atoms with Crippen molar-refractivity contribution in [1.29, 1.82) is 0 Å². The van der Waals surface area contributed by atoms with E-state index in [4.69, 9.17) is 14.2 Å². The second-order valence-corrected chi connectivity index (χ2v) is 8.81. The van der Waals surface area contributed by atoms with Crippen LogP contribution in [0.3, 0.4) is 0 Å². The first-order valence-corrected chi connectivity index (χ1v) is 12.0. The van der Waals surface area contributed by atoms with E-state index in [-0.39, 0.29) is 6.04 Å². The van der Waals surface area contributed by atoms with Gasteiger partial charge in [0.1, 0.15) is 11.5 Å². The minimum absolute atomic E-state index is 0.0560. The summed E-state index contributed by atoms with van der Waals surface area (Å²) in [5, 5.41) is 5.47. The number of nitrogens with one attached hydrogen (secondary N) is 2. The van der Waals surface area contributed by atoms with Crippen molar-refractivity contribution < 1.29 is 23.8 Å². The highest BCUT2D eigenvalue weighted by Gasteiger charge is 2.26. The van der Waals surface area contributed by atoms with Gasteiger partial charge in [-0.15, -0.1) is 0 Å². The fourth-order valence-corrected chi connectivity index (χ4v) is 4.72. The first-order chi connectivity index (χ1) is 17.0. The zero-order valence-electron chi connectivity index (χ0n) is 20.6. The van der Waals surface area contributed by atoms with Gasteiger partial charge in [0.15, 0.2) is 0 Å². The highest BCUT2D eigenvalue weighted by Crippen LogP contribution is 2.31. The third-order valence-corrected chi connectivity index (χ3v) is 6.64. The Labute approximate surface area is 206 Å². The molecule has 0 radical (unpaired) electrons. The van der Waals surface area contributed by atoms with Gasteiger partial charge in [-0.2, -0.15) is 0 Å². The Morgan fingerprint density at radius 2 is 1.83 bits per heavy atom. The van der Waals surface area contributed by atoms with Crippen molar-refractivity contribution in [3.05, 3.63) is 47.5 Å². The van der Waals surface area contributed by atoms with Crippen LogP contribution >= 0.6 is 0 Å². The number of amides is 2. The molecular weight excluding hydrogens is 448 g/mol. The fraction of sp³-hybridized carbons (Fsp3) is 0.462. The average molecular weight is 483 g/mol. The maximum absolute atomic E-state index is 12.8. The Morgan fingerprint density at radius 1 is 1.03 bits per heavy atom. The number of nitrogens with zero attached hydrogens (tertiary/aromatic N) is 2. The third-order valence-electron chi connectivity index (χ3n) is 6.64. The van der Waals surface area contributed by atoms with E-state index in [0.29, 0.717) is 36.9 Å². The Hall–Kier alpha value is -3.30. The van der Waals surface area contributed by atoms with E-state index in [9.17, 15) is 9.59 Å². The summed E-state index contributed by atoms with van der Waals surface area (Å²) in [6.45, 7) is 4.20. The van der Waals surface area contributed by atoms with E-state index in [1.54, 1.807) is 18.2 Å². The number of benzene rings is 2. The predicted molar refractivity (Wildman–Crippen MR) is 134 cm³/mol. The molecule has 0 spiro atoms. The van der Waals surface area contributed by atoms with Crippen molar-refractivity contribution in [1.82, 2.24) is 10.2 Å². The summed E-state index contributed by atoms with van der Waals surface area (Å²) in [4.78, 5) is 30.0. The van der Waals surface area contributed by atoms with Gasteiger partial charge in [-0.25, -0.2) is 0 Å². The normalized spacial score (nSPS) is 16.7. The Balaban J connectivity index is 1.47. The van der Waals surface area contributed by atoms with Gasteiger partial charge < -0.3 is 29.7 Å². The average Bonchev–Trinajstić information content (AvgIpc) is 2.89. The molecule has 9 nitrogen and oxygen atoms in total. The molecular formula is C26H34N4O5. The molecule has 2 aromatic rings. The van der Waals surface area contributed by atoms with E-state index >= 15 is 0 Å². The number of methoxy groups -OCH3 is 2. The number of carbonyl (C=O) groups is 2. The molecule has 0 unspecified atom stereocenters. The number of hydrogen-bond donors (Lipinski definition) is 2. The highest BCUT2D eigenvalue weighted by atomic mass is 16.5. The molecule has 0 bridgehead atoms. The lowest BCUT2D eigenvalue weighted by Crippen LogP contribution is -2.45. The number of aryl methyl sites for hydroxylation is 1. The minimum atomic E-state index is -0.760. The Bertz CT molecular complexity index is 1050. The van der Waals surface area contributed by atoms with Crippen molar-refractivity contribution in [2.75, 3.05) is 70.9 Å². The Kier molecular flexibility index (Phi) is 8.09. The lowest BCUT2D eigenvalue weighted by atomic mass is 9.95. The lowest BCUT2D eigenvalue weighted by molar-refractivity contribution is -0.136. The van der Waals surface area contributed by atoms with E-state index in [1.165, 1.54) is 25.5 Å². The van der Waals surface area contributed by atoms with Crippen molar-refractivity contribution in [3.63, 3.8) is 0 Å². The number of morpholine rings is 1. The molecule has 1 saturated heterocycles. The topological polar surface area (TPSA) is 92.4 Å². The van der Waals surface area contributed by atoms with Crippen molar-refractivity contribution >= 4 is 23.2 Å². The van der Waals surface area contributed by atoms with Crippen LogP contribution in [0.4, 0.5) is 11.4 Å². The molecule has 2 aliphatic heterocycles. The zero-order valence-corrected chi connectivity index (χ0v) is 20.6. The van der Waals surface area contributed by atoms with Gasteiger partial charge in [-0.1, -0.05) is 12.1 Å². The standard InChI is InChI=1S/C26H34N4O5/c1-29-10-4-5-18-15-19(6-8-22(18)29)23(30-11-13-35-14-12-30)17-27-25(31)26(32)28-21-16-20(33-2)7-9-24(21)34-3/h6-9,15-16,23H,4-5,10-14,17H2,1-3H3,(H,27,31)(H,28,32)/t23-/m1/s1. The van der Waals surface area contributed by atoms with Gasteiger partial charge in [-0.05, 0) is 42.2 Å². The monoisotopic (exact) mass is 482 g/mol. The van der Waals surface area contributed by atoms with Crippen molar-refractivity contribution in [2.24, 2.45) is 0 Å². The van der Waals surface area contributed by atoms with Gasteiger partial charge in [0.2, 0.25) is 0 Å². The summed E-state index contributed by atoms with van der Waals surface area (Å²) in [5.41, 5.74) is 4.09. The van der Waals surface area contributed by atoms with Crippen LogP contribution in [-0.4, -0.2) is 77.4 Å². The minimum Gasteiger partial charge on any atom is -0.497 e. The second kappa shape index (κ2) is 11.4. The van der Waals surface area contributed by atoms with E-state index < -0.39 is 11.8 Å². The van der Waals surface area contributed by atoms with Crippen LogP contribution in [0.2, 0.25) is 0 Å². The number of ether oxygens (including phenoxy) is 3. The van der Waals surface area contributed by atoms with Crippen LogP contribution in [-0.2, 0) is 20.7 Å². The summed E-state index contributed by atoms with van der Waals surface area (Å²) in [6, 6.07) is 11.5. The summed E-state index contributed by atoms with van der Waals surface area (Å²) in [7, 11) is 5.15. The maximum atomic E-state index is 12.8. The van der Waals surface area contributed by atoms with Crippen LogP contribution in [0.5, 0.6) is 11.5 Å². The maximum Gasteiger partial charge on any atom is 0.313 e. The molecule has 2 heterocycles. The smallest absolute Gasteiger partial charge is 0.313 e. The van der Waals surface area contributed by atoms with Crippen LogP contribution in [0.1, 0.15) is 23.6 Å². The first-order valence-electron chi connectivity index (χ1n) is 12.0. The van der Waals surface area contributed by atoms with Crippen LogP contribution in [0, 0.1) is 0 Å². The largest absolute Gasteiger partial charge is 0.497 e. The molecule has 35 heavy (non-hydrogen) atoms. The molecule has 2 aromatic carbocycles. The molecule has 1 atom stereocenters. The van der Waals surface area contributed by atoms with Crippen molar-refractivity contribution in [3.8, 4) is 11.5 Å². The number of carbonyl (C=O) groups excluding carboxylic acids is 2. The number of hydrogen-bond acceptors (Lipinski definition) is 7. The molecule has 0 aromatic heterocycles. The molecule has 2 amide bonds. The summed E-state index contributed by atoms with van der Waals surface area (Å²) in [6.07, 6.45) is 2.17. The summed E-state index contributed by atoms with van der Waals surface area (Å²) in [5.74, 6) is -0.473. The molecule has 9 heteroatoms. The highest BCUT2D eigenvalue weighted by molar-refractivity contribution is 6.39. The second-order valence-electron chi connectivity index (χ2n) is 8.81. The van der Waals surface area contributed by atoms with Crippen molar-refractivity contribution in [2.45, 2.75) is 18.9 Å². The molecule has 0 aliphatic carbocycles. The van der Waals surface area contributed by atoms with Gasteiger partial charge in [-0.3, -0.25) is 14.5 Å². The summed E-state index contributed by atoms with van der Waals surface area (Å²) >= 11 is 0. The third kappa shape index (κ3) is 5.86. The van der Waals surface area contributed by atoms with Gasteiger partial charge in [0.25, 0.3) is 0 Å². The molecule has 0 saturated carbocycles. The van der Waals surface area contributed by atoms with E-state index in [1.807, 2.05) is 0 Å². The fourth-order valence-electron chi connectivity index (χ4n) is 4.72. The van der Waals surface area contributed by atoms with Gasteiger partial charge in [0, 0.05) is 45.0 Å². The van der Waals surface area contributed by atoms with E-state index in [2.05, 4.69) is 45.7 Å². The Morgan fingerprint density at radius 3 is 2.57 bits per heavy atom. The quantitative estimate of drug-likeness (QED) is 0.585. The zero-order chi connectivity index (χ0) is 24.8.